The Bertz CT molecular complexity index is 355. The maximum atomic E-state index is 9.82. The normalized spacial score (nSPS) is 13.2. The molecule has 0 aliphatic rings. The zero-order valence-corrected chi connectivity index (χ0v) is 11.1. The van der Waals surface area contributed by atoms with Crippen molar-refractivity contribution >= 4 is 27.5 Å². The molecule has 0 radical (unpaired) electrons. The number of aromatic hydroxyl groups is 1. The summed E-state index contributed by atoms with van der Waals surface area (Å²) in [5.74, 6) is 0.560. The topological polar surface area (TPSA) is 46.2 Å². The molecule has 1 aromatic rings. The Balaban J connectivity index is 3.07. The quantitative estimate of drug-likeness (QED) is 0.889. The zero-order chi connectivity index (χ0) is 11.6. The lowest BCUT2D eigenvalue weighted by molar-refractivity contribution is 0.444. The van der Waals surface area contributed by atoms with Crippen LogP contribution in [-0.2, 0) is 0 Å². The van der Waals surface area contributed by atoms with E-state index in [1.807, 2.05) is 0 Å². The standard InChI is InChI=1S/C11H15BrClNO/c1-6(2)5-9(14)10-7(12)3-4-8(13)11(10)15/h3-4,6,9,15H,5,14H2,1-2H3/t9-/m1/s1. The van der Waals surface area contributed by atoms with Crippen molar-refractivity contribution < 1.29 is 5.11 Å². The number of phenols is 1. The summed E-state index contributed by atoms with van der Waals surface area (Å²) in [4.78, 5) is 0. The molecule has 0 aliphatic heterocycles. The summed E-state index contributed by atoms with van der Waals surface area (Å²) in [7, 11) is 0. The number of nitrogens with two attached hydrogens (primary N) is 1. The first-order valence-electron chi connectivity index (χ1n) is 4.86. The first-order chi connectivity index (χ1) is 6.93. The highest BCUT2D eigenvalue weighted by Gasteiger charge is 2.17. The van der Waals surface area contributed by atoms with Crippen molar-refractivity contribution in [2.24, 2.45) is 11.7 Å². The second-order valence-corrected chi connectivity index (χ2v) is 5.29. The molecule has 2 nitrogen and oxygen atoms in total. The lowest BCUT2D eigenvalue weighted by atomic mass is 9.97. The van der Waals surface area contributed by atoms with Crippen LogP contribution in [0.2, 0.25) is 5.02 Å². The van der Waals surface area contributed by atoms with Crippen LogP contribution in [0.25, 0.3) is 0 Å². The van der Waals surface area contributed by atoms with Crippen LogP contribution in [0.5, 0.6) is 5.75 Å². The van der Waals surface area contributed by atoms with E-state index < -0.39 is 0 Å². The second kappa shape index (κ2) is 5.19. The Morgan fingerprint density at radius 1 is 1.47 bits per heavy atom. The van der Waals surface area contributed by atoms with E-state index in [1.165, 1.54) is 0 Å². The van der Waals surface area contributed by atoms with Gasteiger partial charge in [0.1, 0.15) is 5.75 Å². The van der Waals surface area contributed by atoms with E-state index in [0.717, 1.165) is 10.9 Å². The van der Waals surface area contributed by atoms with Crippen LogP contribution in [0, 0.1) is 5.92 Å². The highest BCUT2D eigenvalue weighted by atomic mass is 79.9. The highest BCUT2D eigenvalue weighted by molar-refractivity contribution is 9.10. The molecule has 0 fully saturated rings. The number of rotatable bonds is 3. The zero-order valence-electron chi connectivity index (χ0n) is 8.80. The van der Waals surface area contributed by atoms with Crippen molar-refractivity contribution in [1.82, 2.24) is 0 Å². The average Bonchev–Trinajstić information content (AvgIpc) is 2.11. The summed E-state index contributed by atoms with van der Waals surface area (Å²) < 4.78 is 0.803. The molecular weight excluding hydrogens is 277 g/mol. The molecule has 0 saturated carbocycles. The van der Waals surface area contributed by atoms with Crippen LogP contribution < -0.4 is 5.73 Å². The van der Waals surface area contributed by atoms with Gasteiger partial charge in [0.15, 0.2) is 0 Å². The maximum Gasteiger partial charge on any atom is 0.140 e. The van der Waals surface area contributed by atoms with Gasteiger partial charge < -0.3 is 10.8 Å². The van der Waals surface area contributed by atoms with E-state index in [2.05, 4.69) is 29.8 Å². The summed E-state index contributed by atoms with van der Waals surface area (Å²) in [6, 6.07) is 3.25. The van der Waals surface area contributed by atoms with Crippen molar-refractivity contribution in [3.05, 3.63) is 27.2 Å². The minimum Gasteiger partial charge on any atom is -0.506 e. The Hall–Kier alpha value is -0.250. The summed E-state index contributed by atoms with van der Waals surface area (Å²) >= 11 is 9.21. The SMILES string of the molecule is CC(C)C[C@@H](N)c1c(Br)ccc(Cl)c1O. The second-order valence-electron chi connectivity index (χ2n) is 4.03. The van der Waals surface area contributed by atoms with Gasteiger partial charge in [0.05, 0.1) is 5.02 Å². The van der Waals surface area contributed by atoms with Crippen LogP contribution in [-0.4, -0.2) is 5.11 Å². The first kappa shape index (κ1) is 12.8. The van der Waals surface area contributed by atoms with Crippen LogP contribution in [0.3, 0.4) is 0 Å². The van der Waals surface area contributed by atoms with Crippen molar-refractivity contribution in [3.8, 4) is 5.75 Å². The predicted molar refractivity (Wildman–Crippen MR) is 67.2 cm³/mol. The van der Waals surface area contributed by atoms with Crippen molar-refractivity contribution in [2.75, 3.05) is 0 Å². The molecule has 84 valence electrons. The van der Waals surface area contributed by atoms with Gasteiger partial charge in [-0.2, -0.15) is 0 Å². The van der Waals surface area contributed by atoms with Gasteiger partial charge in [0.25, 0.3) is 0 Å². The van der Waals surface area contributed by atoms with E-state index in [4.69, 9.17) is 17.3 Å². The lowest BCUT2D eigenvalue weighted by Gasteiger charge is -2.18. The van der Waals surface area contributed by atoms with Gasteiger partial charge in [0, 0.05) is 16.1 Å². The Morgan fingerprint density at radius 3 is 2.60 bits per heavy atom. The Morgan fingerprint density at radius 2 is 2.07 bits per heavy atom. The fourth-order valence-electron chi connectivity index (χ4n) is 1.54. The average molecular weight is 293 g/mol. The number of phenolic OH excluding ortho intramolecular Hbond substituents is 1. The third-order valence-corrected chi connectivity index (χ3v) is 3.21. The molecule has 0 amide bonds. The monoisotopic (exact) mass is 291 g/mol. The molecule has 0 unspecified atom stereocenters. The van der Waals surface area contributed by atoms with Crippen LogP contribution in [0.1, 0.15) is 31.9 Å². The first-order valence-corrected chi connectivity index (χ1v) is 6.03. The Kier molecular flexibility index (Phi) is 4.44. The van der Waals surface area contributed by atoms with Gasteiger partial charge in [0.2, 0.25) is 0 Å². The van der Waals surface area contributed by atoms with Gasteiger partial charge in [-0.3, -0.25) is 0 Å². The molecule has 15 heavy (non-hydrogen) atoms. The van der Waals surface area contributed by atoms with E-state index in [0.29, 0.717) is 16.5 Å². The molecule has 3 N–H and O–H groups in total. The van der Waals surface area contributed by atoms with Crippen LogP contribution >= 0.6 is 27.5 Å². The highest BCUT2D eigenvalue weighted by Crippen LogP contribution is 2.38. The smallest absolute Gasteiger partial charge is 0.140 e. The summed E-state index contributed by atoms with van der Waals surface area (Å²) in [5.41, 5.74) is 6.71. The molecule has 4 heteroatoms. The van der Waals surface area contributed by atoms with E-state index >= 15 is 0 Å². The van der Waals surface area contributed by atoms with Crippen molar-refractivity contribution in [3.63, 3.8) is 0 Å². The molecule has 0 heterocycles. The van der Waals surface area contributed by atoms with Crippen molar-refractivity contribution in [2.45, 2.75) is 26.3 Å². The van der Waals surface area contributed by atoms with Gasteiger partial charge in [-0.1, -0.05) is 41.4 Å². The number of halogens is 2. The third-order valence-electron chi connectivity index (χ3n) is 2.21. The van der Waals surface area contributed by atoms with E-state index in [-0.39, 0.29) is 11.8 Å². The molecule has 1 rings (SSSR count). The molecule has 0 saturated heterocycles. The minimum absolute atomic E-state index is 0.0826. The van der Waals surface area contributed by atoms with Crippen LogP contribution in [0.15, 0.2) is 16.6 Å². The molecular formula is C11H15BrClNO. The van der Waals surface area contributed by atoms with Gasteiger partial charge in [-0.25, -0.2) is 0 Å². The minimum atomic E-state index is -0.196. The fraction of sp³-hybridized carbons (Fsp3) is 0.455. The number of benzene rings is 1. The van der Waals surface area contributed by atoms with E-state index in [1.54, 1.807) is 12.1 Å². The maximum absolute atomic E-state index is 9.82. The van der Waals surface area contributed by atoms with Gasteiger partial charge in [-0.05, 0) is 24.5 Å². The summed E-state index contributed by atoms with van der Waals surface area (Å²) in [6.07, 6.45) is 0.812. The van der Waals surface area contributed by atoms with Gasteiger partial charge >= 0.3 is 0 Å². The molecule has 0 aliphatic carbocycles. The molecule has 0 spiro atoms. The lowest BCUT2D eigenvalue weighted by Crippen LogP contribution is -2.13. The summed E-state index contributed by atoms with van der Waals surface area (Å²) in [5, 5.41) is 10.2. The van der Waals surface area contributed by atoms with Crippen molar-refractivity contribution in [1.29, 1.82) is 0 Å². The van der Waals surface area contributed by atoms with E-state index in [9.17, 15) is 5.11 Å². The predicted octanol–water partition coefficient (Wildman–Crippen LogP) is 3.85. The molecule has 0 aromatic heterocycles. The summed E-state index contributed by atoms with van der Waals surface area (Å²) in [6.45, 7) is 4.19. The Labute approximate surface area is 104 Å². The number of hydrogen-bond acceptors (Lipinski definition) is 2. The number of hydrogen-bond donors (Lipinski definition) is 2. The molecule has 1 atom stereocenters. The van der Waals surface area contributed by atoms with Crippen LogP contribution in [0.4, 0.5) is 0 Å². The van der Waals surface area contributed by atoms with Gasteiger partial charge in [-0.15, -0.1) is 0 Å². The third kappa shape index (κ3) is 3.10. The fourth-order valence-corrected chi connectivity index (χ4v) is 2.31. The molecule has 0 bridgehead atoms. The largest absolute Gasteiger partial charge is 0.506 e. The molecule has 1 aromatic carbocycles.